The minimum absolute atomic E-state index is 0.127. The molecule has 0 bridgehead atoms. The largest absolute Gasteiger partial charge is 0.507 e. The summed E-state index contributed by atoms with van der Waals surface area (Å²) in [7, 11) is 0. The van der Waals surface area contributed by atoms with Gasteiger partial charge in [-0.3, -0.25) is 24.1 Å². The molecule has 1 N–H and O–H groups in total. The number of amides is 4. The summed E-state index contributed by atoms with van der Waals surface area (Å²) < 4.78 is 5.49. The highest BCUT2D eigenvalue weighted by molar-refractivity contribution is 6.25. The van der Waals surface area contributed by atoms with Crippen molar-refractivity contribution >= 4 is 51.5 Å². The van der Waals surface area contributed by atoms with Gasteiger partial charge in [0.25, 0.3) is 0 Å². The van der Waals surface area contributed by atoms with Gasteiger partial charge in [0.1, 0.15) is 5.75 Å². The second kappa shape index (κ2) is 11.4. The van der Waals surface area contributed by atoms with Gasteiger partial charge in [-0.2, -0.15) is 0 Å². The summed E-state index contributed by atoms with van der Waals surface area (Å²) in [5.74, 6) is -3.86. The normalized spacial score (nSPS) is 29.3. The van der Waals surface area contributed by atoms with E-state index < -0.39 is 35.0 Å². The number of para-hydroxylation sites is 1. The zero-order valence-electron chi connectivity index (χ0n) is 27.7. The molecule has 3 saturated heterocycles. The zero-order chi connectivity index (χ0) is 34.3. The first-order valence-corrected chi connectivity index (χ1v) is 17.4. The molecule has 0 spiro atoms. The number of carbonyl (C=O) groups excluding carboxylic acids is 4. The standard InChI is InChI=1S/C41H37N3O6/c1-41-33(38(47)44(40(41)49)25-7-3-2-4-8-25)23-32-30(36(41)29-17-18-34(45)28-10-6-5-9-27(28)29)15-16-31-35(32)39(48)43(37(31)46)26-13-11-24(12-14-26)42-19-21-50-22-20-42/h2-15,17-18,31-33,35-36,45H,16,19-23H2,1H3. The number of carbonyl (C=O) groups is 4. The van der Waals surface area contributed by atoms with Gasteiger partial charge in [0.15, 0.2) is 0 Å². The average Bonchev–Trinajstić information content (AvgIpc) is 3.52. The summed E-state index contributed by atoms with van der Waals surface area (Å²) in [5, 5.41) is 12.3. The van der Waals surface area contributed by atoms with Crippen molar-refractivity contribution in [3.05, 3.63) is 108 Å². The monoisotopic (exact) mass is 667 g/mol. The molecule has 4 amide bonds. The number of nitrogens with zero attached hydrogens (tertiary/aromatic N) is 3. The van der Waals surface area contributed by atoms with E-state index >= 15 is 0 Å². The first-order chi connectivity index (χ1) is 24.3. The Bertz CT molecular complexity index is 2110. The molecular formula is C41H37N3O6. The van der Waals surface area contributed by atoms with Crippen molar-refractivity contribution < 1.29 is 29.0 Å². The number of fused-ring (bicyclic) bond motifs is 5. The molecule has 0 radical (unpaired) electrons. The van der Waals surface area contributed by atoms with Crippen molar-refractivity contribution in [2.75, 3.05) is 41.0 Å². The highest BCUT2D eigenvalue weighted by Crippen LogP contribution is 2.64. The lowest BCUT2D eigenvalue weighted by Gasteiger charge is -2.49. The number of aromatic hydroxyl groups is 1. The van der Waals surface area contributed by atoms with E-state index in [1.165, 1.54) is 9.80 Å². The number of morpholine rings is 1. The molecule has 9 rings (SSSR count). The first kappa shape index (κ1) is 30.8. The lowest BCUT2D eigenvalue weighted by molar-refractivity contribution is -0.131. The Morgan fingerprint density at radius 3 is 2.10 bits per heavy atom. The van der Waals surface area contributed by atoms with E-state index in [1.807, 2.05) is 79.7 Å². The van der Waals surface area contributed by atoms with E-state index in [4.69, 9.17) is 4.74 Å². The van der Waals surface area contributed by atoms with E-state index in [0.29, 0.717) is 36.4 Å². The van der Waals surface area contributed by atoms with Crippen LogP contribution in [0.5, 0.6) is 5.75 Å². The topological polar surface area (TPSA) is 107 Å². The highest BCUT2D eigenvalue weighted by atomic mass is 16.5. The third kappa shape index (κ3) is 4.29. The number of benzene rings is 4. The van der Waals surface area contributed by atoms with Crippen LogP contribution in [0.3, 0.4) is 0 Å². The number of ether oxygens (including phenoxy) is 1. The fourth-order valence-corrected chi connectivity index (χ4v) is 9.63. The zero-order valence-corrected chi connectivity index (χ0v) is 27.7. The van der Waals surface area contributed by atoms with Crippen LogP contribution in [-0.2, 0) is 23.9 Å². The number of imide groups is 2. The molecule has 9 heteroatoms. The maximum absolute atomic E-state index is 14.7. The highest BCUT2D eigenvalue weighted by Gasteiger charge is 2.67. The van der Waals surface area contributed by atoms with Gasteiger partial charge in [-0.15, -0.1) is 0 Å². The average molecular weight is 668 g/mol. The minimum Gasteiger partial charge on any atom is -0.507 e. The fraction of sp³-hybridized carbons (Fsp3) is 0.317. The molecule has 4 aromatic carbocycles. The van der Waals surface area contributed by atoms with E-state index in [2.05, 4.69) is 11.0 Å². The Labute approximate surface area is 289 Å². The summed E-state index contributed by atoms with van der Waals surface area (Å²) in [6.45, 7) is 4.76. The van der Waals surface area contributed by atoms with Crippen LogP contribution in [0.25, 0.3) is 10.8 Å². The molecule has 5 aliphatic rings. The number of rotatable bonds is 4. The fourth-order valence-electron chi connectivity index (χ4n) is 9.63. The van der Waals surface area contributed by atoms with Crippen molar-refractivity contribution in [1.29, 1.82) is 0 Å². The second-order valence-corrected chi connectivity index (χ2v) is 14.3. The molecule has 3 heterocycles. The molecule has 3 aliphatic heterocycles. The molecule has 0 aromatic heterocycles. The van der Waals surface area contributed by atoms with Crippen LogP contribution in [0.4, 0.5) is 17.1 Å². The maximum Gasteiger partial charge on any atom is 0.241 e. The Hall–Kier alpha value is -5.28. The number of allylic oxidation sites excluding steroid dienone is 2. The van der Waals surface area contributed by atoms with Crippen LogP contribution in [0.1, 0.15) is 31.2 Å². The molecule has 4 aromatic rings. The van der Waals surface area contributed by atoms with Gasteiger partial charge in [0, 0.05) is 30.1 Å². The molecule has 50 heavy (non-hydrogen) atoms. The van der Waals surface area contributed by atoms with E-state index in [1.54, 1.807) is 18.2 Å². The number of anilines is 3. The van der Waals surface area contributed by atoms with Crippen LogP contribution >= 0.6 is 0 Å². The van der Waals surface area contributed by atoms with Gasteiger partial charge in [-0.05, 0) is 79.1 Å². The Kier molecular flexibility index (Phi) is 7.00. The molecular weight excluding hydrogens is 630 g/mol. The summed E-state index contributed by atoms with van der Waals surface area (Å²) in [4.78, 5) is 62.8. The first-order valence-electron chi connectivity index (χ1n) is 17.4. The van der Waals surface area contributed by atoms with Crippen LogP contribution < -0.4 is 14.7 Å². The number of phenolic OH excluding ortho intramolecular Hbond substituents is 1. The lowest BCUT2D eigenvalue weighted by Crippen LogP contribution is -2.49. The van der Waals surface area contributed by atoms with Crippen LogP contribution in [0.15, 0.2) is 103 Å². The molecule has 6 atom stereocenters. The van der Waals surface area contributed by atoms with Crippen LogP contribution in [0, 0.1) is 29.1 Å². The third-order valence-corrected chi connectivity index (χ3v) is 12.0. The molecule has 4 fully saturated rings. The van der Waals surface area contributed by atoms with E-state index in [0.717, 1.165) is 35.3 Å². The van der Waals surface area contributed by atoms with Gasteiger partial charge in [0.2, 0.25) is 23.6 Å². The Morgan fingerprint density at radius 1 is 0.700 bits per heavy atom. The summed E-state index contributed by atoms with van der Waals surface area (Å²) in [5.41, 5.74) is 2.65. The van der Waals surface area contributed by atoms with Gasteiger partial charge in [0.05, 0.1) is 47.8 Å². The molecule has 1 saturated carbocycles. The van der Waals surface area contributed by atoms with Gasteiger partial charge >= 0.3 is 0 Å². The SMILES string of the molecule is CC12C(=O)N(c3ccccc3)C(=O)C1CC1C(=CCC3C(=O)N(c4ccc(N5CCOCC5)cc4)C(=O)C31)C2c1ccc(O)c2ccccc12. The smallest absolute Gasteiger partial charge is 0.241 e. The van der Waals surface area contributed by atoms with E-state index in [-0.39, 0.29) is 35.8 Å². The van der Waals surface area contributed by atoms with Crippen molar-refractivity contribution in [2.24, 2.45) is 29.1 Å². The van der Waals surface area contributed by atoms with Crippen molar-refractivity contribution in [2.45, 2.75) is 25.7 Å². The van der Waals surface area contributed by atoms with E-state index in [9.17, 15) is 24.3 Å². The maximum atomic E-state index is 14.7. The quantitative estimate of drug-likeness (QED) is 0.216. The van der Waals surface area contributed by atoms with Crippen LogP contribution in [0.2, 0.25) is 0 Å². The van der Waals surface area contributed by atoms with Crippen molar-refractivity contribution in [3.8, 4) is 5.75 Å². The Morgan fingerprint density at radius 2 is 1.36 bits per heavy atom. The number of hydrogen-bond donors (Lipinski definition) is 1. The predicted molar refractivity (Wildman–Crippen MR) is 189 cm³/mol. The Balaban J connectivity index is 1.15. The lowest BCUT2D eigenvalue weighted by atomic mass is 9.51. The van der Waals surface area contributed by atoms with Gasteiger partial charge in [-0.1, -0.05) is 60.2 Å². The number of phenols is 1. The molecule has 6 unspecified atom stereocenters. The van der Waals surface area contributed by atoms with Gasteiger partial charge in [-0.25, -0.2) is 4.90 Å². The summed E-state index contributed by atoms with van der Waals surface area (Å²) >= 11 is 0. The third-order valence-electron chi connectivity index (χ3n) is 12.0. The molecule has 9 nitrogen and oxygen atoms in total. The minimum atomic E-state index is -1.16. The molecule has 252 valence electrons. The van der Waals surface area contributed by atoms with Gasteiger partial charge < -0.3 is 14.7 Å². The number of hydrogen-bond acceptors (Lipinski definition) is 7. The van der Waals surface area contributed by atoms with Crippen molar-refractivity contribution in [3.63, 3.8) is 0 Å². The second-order valence-electron chi connectivity index (χ2n) is 14.3. The van der Waals surface area contributed by atoms with Crippen molar-refractivity contribution in [1.82, 2.24) is 0 Å². The molecule has 2 aliphatic carbocycles. The van der Waals surface area contributed by atoms with Crippen LogP contribution in [-0.4, -0.2) is 55.0 Å². The predicted octanol–water partition coefficient (Wildman–Crippen LogP) is 5.82. The summed E-state index contributed by atoms with van der Waals surface area (Å²) in [6.07, 6.45) is 2.72. The summed E-state index contributed by atoms with van der Waals surface area (Å²) in [6, 6.07) is 27.6.